The highest BCUT2D eigenvalue weighted by Gasteiger charge is 2.43. The van der Waals surface area contributed by atoms with Crippen LogP contribution in [0.1, 0.15) is 83.8 Å². The lowest BCUT2D eigenvalue weighted by atomic mass is 9.77. The molecule has 1 aliphatic carbocycles. The van der Waals surface area contributed by atoms with E-state index in [9.17, 15) is 52.1 Å². The Labute approximate surface area is 364 Å². The van der Waals surface area contributed by atoms with Crippen molar-refractivity contribution in [2.24, 2.45) is 0 Å². The number of anilines is 1. The highest BCUT2D eigenvalue weighted by Crippen LogP contribution is 2.51. The largest absolute Gasteiger partial charge is 0.481 e. The average Bonchev–Trinajstić information content (AvgIpc) is 3.41. The number of carboxylic acids is 1. The third kappa shape index (κ3) is 14.5. The van der Waals surface area contributed by atoms with Gasteiger partial charge in [0.05, 0.1) is 35.3 Å². The fourth-order valence-corrected chi connectivity index (χ4v) is 10.0. The normalized spacial score (nSPS) is 17.0. The molecule has 0 spiro atoms. The van der Waals surface area contributed by atoms with E-state index < -0.39 is 63.3 Å². The zero-order valence-corrected chi connectivity index (χ0v) is 38.7. The minimum Gasteiger partial charge on any atom is -0.481 e. The van der Waals surface area contributed by atoms with Crippen molar-refractivity contribution in [3.63, 3.8) is 0 Å². The van der Waals surface area contributed by atoms with Crippen molar-refractivity contribution >= 4 is 58.1 Å². The molecule has 0 saturated carbocycles. The number of carbonyl (C=O) groups is 1. The molecular weight excluding hydrogens is 891 g/mol. The van der Waals surface area contributed by atoms with Crippen LogP contribution in [-0.4, -0.2) is 110 Å². The SMILES string of the molecule is CC.CC[N+](CCCS(=O)(=O)O)=c1cc2occc(/C=C/C=C3/N(CCCCCC(=O)O)c4ccc(S(=O)(=O)O)cc4C3(C)CCCS(=O)(=O)O)c-2cc1S(=O)(=O)NCCOC. The number of fused-ring (bicyclic) bond motifs is 2. The summed E-state index contributed by atoms with van der Waals surface area (Å²) in [5, 5.41) is 9.36. The lowest BCUT2D eigenvalue weighted by Gasteiger charge is -2.30. The number of methoxy groups -OCH3 is 1. The maximum absolute atomic E-state index is 13.8. The number of sulfonamides is 1. The summed E-state index contributed by atoms with van der Waals surface area (Å²) in [5.41, 5.74) is 1.50. The van der Waals surface area contributed by atoms with Gasteiger partial charge >= 0.3 is 5.97 Å². The Morgan fingerprint density at radius 3 is 2.21 bits per heavy atom. The first-order valence-electron chi connectivity index (χ1n) is 20.0. The van der Waals surface area contributed by atoms with Gasteiger partial charge in [-0.2, -0.15) is 25.3 Å². The van der Waals surface area contributed by atoms with Gasteiger partial charge in [0, 0.05) is 55.4 Å². The third-order valence-corrected chi connectivity index (χ3v) is 14.1. The Morgan fingerprint density at radius 2 is 1.60 bits per heavy atom. The van der Waals surface area contributed by atoms with Gasteiger partial charge in [0.2, 0.25) is 15.4 Å². The molecule has 3 aliphatic rings. The van der Waals surface area contributed by atoms with Gasteiger partial charge in [-0.1, -0.05) is 32.4 Å². The summed E-state index contributed by atoms with van der Waals surface area (Å²) in [6, 6.07) is 8.70. The average molecular weight is 949 g/mol. The van der Waals surface area contributed by atoms with Crippen LogP contribution in [0.25, 0.3) is 17.4 Å². The number of nitrogens with zero attached hydrogens (tertiary/aromatic N) is 2. The van der Waals surface area contributed by atoms with Gasteiger partial charge < -0.3 is 19.2 Å². The number of aliphatic carboxylic acids is 1. The lowest BCUT2D eigenvalue weighted by molar-refractivity contribution is -0.137. The second-order valence-electron chi connectivity index (χ2n) is 14.4. The monoisotopic (exact) mass is 948 g/mol. The minimum absolute atomic E-state index is 0.00493. The van der Waals surface area contributed by atoms with Gasteiger partial charge in [-0.15, -0.1) is 0 Å². The van der Waals surface area contributed by atoms with Crippen LogP contribution >= 0.6 is 0 Å². The van der Waals surface area contributed by atoms with E-state index in [-0.39, 0.29) is 72.8 Å². The molecule has 0 radical (unpaired) electrons. The van der Waals surface area contributed by atoms with Crippen LogP contribution in [0.5, 0.6) is 0 Å². The number of rotatable bonds is 23. The van der Waals surface area contributed by atoms with E-state index in [0.717, 1.165) is 0 Å². The molecule has 18 nitrogen and oxygen atoms in total. The van der Waals surface area contributed by atoms with Gasteiger partial charge in [-0.25, -0.2) is 17.7 Å². The van der Waals surface area contributed by atoms with Crippen molar-refractivity contribution in [1.29, 1.82) is 0 Å². The fourth-order valence-electron chi connectivity index (χ4n) is 7.26. The molecule has 1 atom stereocenters. The molecule has 4 rings (SSSR count). The maximum Gasteiger partial charge on any atom is 0.303 e. The lowest BCUT2D eigenvalue weighted by Crippen LogP contribution is -2.38. The molecule has 0 bridgehead atoms. The first-order valence-corrected chi connectivity index (χ1v) is 26.2. The van der Waals surface area contributed by atoms with Gasteiger partial charge in [0.1, 0.15) is 18.8 Å². The first kappa shape index (κ1) is 52.3. The van der Waals surface area contributed by atoms with E-state index >= 15 is 0 Å². The zero-order chi connectivity index (χ0) is 46.5. The molecule has 1 aromatic rings. The van der Waals surface area contributed by atoms with E-state index in [2.05, 4.69) is 4.72 Å². The minimum atomic E-state index is -4.64. The van der Waals surface area contributed by atoms with Crippen molar-refractivity contribution in [1.82, 2.24) is 9.30 Å². The fraction of sp³-hybridized carbons (Fsp3) is 0.500. The van der Waals surface area contributed by atoms with E-state index in [0.29, 0.717) is 53.9 Å². The smallest absolute Gasteiger partial charge is 0.303 e. The standard InChI is InChI=1S/C38H51N3O15S4.C2H6/c1-4-40(19-10-24-58(47,48)49)33-27-34-30(26-35(33)59(50,51)39-18-22-55-3)28(16-21-56-34)11-8-12-36-38(2,17-9-23-57(44,45)46)31-25-29(60(52,53)54)14-15-32(31)41(36)20-7-5-6-13-37(42)43;1-2/h8,11-12,14-16,21,25-27,39H,4-7,9-10,13,17-20,22-24H2,1-3H3,(H3-,42,43,44,45,46,47,48,49,52,53,54);1-2H3/p+1. The molecule has 0 saturated heterocycles. The summed E-state index contributed by atoms with van der Waals surface area (Å²) in [4.78, 5) is 12.6. The Morgan fingerprint density at radius 1 is 0.919 bits per heavy atom. The van der Waals surface area contributed by atoms with E-state index in [1.165, 1.54) is 43.7 Å². The van der Waals surface area contributed by atoms with Gasteiger partial charge in [0.25, 0.3) is 30.4 Å². The Balaban J connectivity index is 0.00000504. The van der Waals surface area contributed by atoms with E-state index in [4.69, 9.17) is 14.3 Å². The van der Waals surface area contributed by atoms with Gasteiger partial charge in [-0.05, 0) is 87.1 Å². The number of hydrogen-bond acceptors (Lipinski definition) is 12. The number of unbranched alkanes of at least 4 members (excludes halogenated alkanes) is 2. The number of benzene rings is 2. The summed E-state index contributed by atoms with van der Waals surface area (Å²) in [7, 11) is -16.0. The molecule has 0 amide bonds. The van der Waals surface area contributed by atoms with Crippen LogP contribution in [0.3, 0.4) is 0 Å². The Bertz CT molecular complexity index is 2590. The third-order valence-electron chi connectivity index (χ3n) is 10.1. The summed E-state index contributed by atoms with van der Waals surface area (Å²) in [6.07, 6.45) is 8.11. The maximum atomic E-state index is 13.8. The van der Waals surface area contributed by atoms with Gasteiger partial charge in [-0.3, -0.25) is 18.5 Å². The number of nitrogens with one attached hydrogen (secondary N) is 1. The second kappa shape index (κ2) is 22.6. The van der Waals surface area contributed by atoms with Gasteiger partial charge in [0.15, 0.2) is 4.90 Å². The molecule has 5 N–H and O–H groups in total. The highest BCUT2D eigenvalue weighted by molar-refractivity contribution is 7.89. The van der Waals surface area contributed by atoms with Crippen LogP contribution in [0.4, 0.5) is 5.69 Å². The van der Waals surface area contributed by atoms with Crippen molar-refractivity contribution in [2.75, 3.05) is 56.3 Å². The molecule has 2 heterocycles. The van der Waals surface area contributed by atoms with Crippen LogP contribution < -0.4 is 19.6 Å². The Kier molecular flexibility index (Phi) is 19.1. The van der Waals surface area contributed by atoms with Crippen LogP contribution in [0.15, 0.2) is 74.7 Å². The molecule has 1 unspecified atom stereocenters. The summed E-state index contributed by atoms with van der Waals surface area (Å²) >= 11 is 0. The summed E-state index contributed by atoms with van der Waals surface area (Å²) in [6.45, 7) is 8.31. The van der Waals surface area contributed by atoms with Crippen LogP contribution in [-0.2, 0) is 55.3 Å². The molecule has 62 heavy (non-hydrogen) atoms. The van der Waals surface area contributed by atoms with Crippen LogP contribution in [0, 0.1) is 0 Å². The van der Waals surface area contributed by atoms with Crippen LogP contribution in [0.2, 0.25) is 0 Å². The Hall–Kier alpha value is -4.00. The first-order chi connectivity index (χ1) is 29.0. The number of hydrogen-bond donors (Lipinski definition) is 5. The molecule has 0 fully saturated rings. The van der Waals surface area contributed by atoms with Crippen molar-refractivity contribution in [3.8, 4) is 11.3 Å². The molecule has 346 valence electrons. The number of carboxylic acid groups (broad SMARTS) is 1. The molecule has 0 aromatic heterocycles. The number of ether oxygens (including phenoxy) is 1. The van der Waals surface area contributed by atoms with E-state index in [1.807, 2.05) is 18.7 Å². The quantitative estimate of drug-likeness (QED) is 0.0492. The summed E-state index contributed by atoms with van der Waals surface area (Å²) in [5.74, 6) is -1.75. The second-order valence-corrected chi connectivity index (χ2v) is 20.7. The highest BCUT2D eigenvalue weighted by atomic mass is 32.2. The molecule has 22 heteroatoms. The van der Waals surface area contributed by atoms with Crippen molar-refractivity contribution in [3.05, 3.63) is 77.0 Å². The predicted octanol–water partition coefficient (Wildman–Crippen LogP) is 4.64. The number of allylic oxidation sites excluding steroid dienone is 3. The van der Waals surface area contributed by atoms with E-state index in [1.54, 1.807) is 42.7 Å². The molecular formula is C40H58N3O15S4+. The van der Waals surface area contributed by atoms with Crippen molar-refractivity contribution < 1.29 is 66.4 Å². The zero-order valence-electron chi connectivity index (χ0n) is 35.5. The summed E-state index contributed by atoms with van der Waals surface area (Å²) < 4.78 is 142. The topological polar surface area (TPSA) is 275 Å². The molecule has 2 aliphatic heterocycles. The predicted molar refractivity (Wildman–Crippen MR) is 235 cm³/mol. The van der Waals surface area contributed by atoms with Crippen molar-refractivity contribution in [2.45, 2.75) is 87.8 Å². The molecule has 1 aromatic carbocycles.